The zero-order valence-electron chi connectivity index (χ0n) is 10.3. The smallest absolute Gasteiger partial charge is 0.240 e. The fourth-order valence-electron chi connectivity index (χ4n) is 2.04. The van der Waals surface area contributed by atoms with Crippen molar-refractivity contribution in [3.63, 3.8) is 0 Å². The van der Waals surface area contributed by atoms with Gasteiger partial charge in [-0.3, -0.25) is 4.79 Å². The number of nitrogens with zero attached hydrogens (tertiary/aromatic N) is 1. The van der Waals surface area contributed by atoms with Crippen LogP contribution in [0.25, 0.3) is 0 Å². The van der Waals surface area contributed by atoms with Crippen LogP contribution < -0.4 is 5.43 Å². The summed E-state index contributed by atoms with van der Waals surface area (Å²) < 4.78 is 0. The fraction of sp³-hybridized carbons (Fsp3) is 0.385. The molecule has 0 bridgehead atoms. The maximum atomic E-state index is 11.4. The average molecular weight is 267 g/mol. The first kappa shape index (κ1) is 12.9. The molecule has 2 N–H and O–H groups in total. The van der Waals surface area contributed by atoms with Crippen molar-refractivity contribution in [3.05, 3.63) is 28.8 Å². The summed E-state index contributed by atoms with van der Waals surface area (Å²) >= 11 is 5.90. The second-order valence-electron chi connectivity index (χ2n) is 4.75. The lowest BCUT2D eigenvalue weighted by molar-refractivity contribution is -0.122. The number of amides is 1. The molecule has 1 amide bonds. The summed E-state index contributed by atoms with van der Waals surface area (Å²) in [6.45, 7) is 4.11. The Morgan fingerprint density at radius 3 is 2.83 bits per heavy atom. The zero-order chi connectivity index (χ0) is 13.3. The van der Waals surface area contributed by atoms with Crippen molar-refractivity contribution in [2.45, 2.75) is 20.3 Å². The van der Waals surface area contributed by atoms with Gasteiger partial charge in [-0.1, -0.05) is 25.4 Å². The predicted octanol–water partition coefficient (Wildman–Crippen LogP) is 2.54. The third-order valence-corrected chi connectivity index (χ3v) is 3.41. The van der Waals surface area contributed by atoms with Crippen LogP contribution in [0, 0.1) is 11.8 Å². The fourth-order valence-corrected chi connectivity index (χ4v) is 2.22. The Balaban J connectivity index is 2.40. The van der Waals surface area contributed by atoms with Crippen molar-refractivity contribution in [2.75, 3.05) is 0 Å². The standard InChI is InChI=1S/C13H15ClN2O2/c1-7(2)9-6-12(18)15-16-13(9)8-3-4-11(17)10(14)5-8/h3-5,7,9,17H,6H2,1-2H3,(H,15,18). The Bertz CT molecular complexity index is 512. The van der Waals surface area contributed by atoms with Gasteiger partial charge >= 0.3 is 0 Å². The van der Waals surface area contributed by atoms with E-state index >= 15 is 0 Å². The van der Waals surface area contributed by atoms with Crippen LogP contribution in [0.15, 0.2) is 23.3 Å². The van der Waals surface area contributed by atoms with Gasteiger partial charge in [-0.05, 0) is 29.7 Å². The van der Waals surface area contributed by atoms with Gasteiger partial charge in [-0.15, -0.1) is 0 Å². The molecule has 0 aliphatic carbocycles. The number of phenols is 1. The third kappa shape index (κ3) is 2.48. The Hall–Kier alpha value is -1.55. The van der Waals surface area contributed by atoms with Gasteiger partial charge in [0.1, 0.15) is 5.75 Å². The largest absolute Gasteiger partial charge is 0.506 e. The van der Waals surface area contributed by atoms with E-state index in [1.165, 1.54) is 6.07 Å². The summed E-state index contributed by atoms with van der Waals surface area (Å²) in [5.74, 6) is 0.353. The second kappa shape index (κ2) is 4.98. The molecular formula is C13H15ClN2O2. The summed E-state index contributed by atoms with van der Waals surface area (Å²) in [5, 5.41) is 13.8. The first-order chi connectivity index (χ1) is 8.49. The van der Waals surface area contributed by atoms with Crippen molar-refractivity contribution in [3.8, 4) is 5.75 Å². The molecule has 1 aliphatic rings. The molecule has 0 fully saturated rings. The van der Waals surface area contributed by atoms with E-state index in [1.807, 2.05) is 0 Å². The quantitative estimate of drug-likeness (QED) is 0.864. The van der Waals surface area contributed by atoms with Crippen molar-refractivity contribution in [1.82, 2.24) is 5.43 Å². The van der Waals surface area contributed by atoms with E-state index in [-0.39, 0.29) is 22.6 Å². The summed E-state index contributed by atoms with van der Waals surface area (Å²) in [6.07, 6.45) is 0.426. The van der Waals surface area contributed by atoms with Crippen LogP contribution >= 0.6 is 11.6 Å². The summed E-state index contributed by atoms with van der Waals surface area (Å²) in [7, 11) is 0. The lowest BCUT2D eigenvalue weighted by atomic mass is 9.84. The molecule has 1 atom stereocenters. The van der Waals surface area contributed by atoms with E-state index in [2.05, 4.69) is 24.4 Å². The Labute approximate surface area is 111 Å². The van der Waals surface area contributed by atoms with Crippen LogP contribution in [0.5, 0.6) is 5.75 Å². The number of halogens is 1. The first-order valence-electron chi connectivity index (χ1n) is 5.84. The van der Waals surface area contributed by atoms with Gasteiger partial charge in [0, 0.05) is 12.3 Å². The van der Waals surface area contributed by atoms with E-state index in [1.54, 1.807) is 12.1 Å². The van der Waals surface area contributed by atoms with E-state index in [0.29, 0.717) is 12.3 Å². The lowest BCUT2D eigenvalue weighted by Crippen LogP contribution is -2.35. The molecule has 0 aromatic heterocycles. The number of hydrogen-bond acceptors (Lipinski definition) is 3. The van der Waals surface area contributed by atoms with Crippen LogP contribution in [-0.4, -0.2) is 16.7 Å². The monoisotopic (exact) mass is 266 g/mol. The van der Waals surface area contributed by atoms with Gasteiger partial charge in [0.05, 0.1) is 10.7 Å². The van der Waals surface area contributed by atoms with Crippen LogP contribution in [-0.2, 0) is 4.79 Å². The van der Waals surface area contributed by atoms with Crippen LogP contribution in [0.3, 0.4) is 0 Å². The zero-order valence-corrected chi connectivity index (χ0v) is 11.0. The highest BCUT2D eigenvalue weighted by molar-refractivity contribution is 6.32. The number of rotatable bonds is 2. The van der Waals surface area contributed by atoms with Gasteiger partial charge in [0.25, 0.3) is 0 Å². The minimum absolute atomic E-state index is 0.0435. The van der Waals surface area contributed by atoms with E-state index in [0.717, 1.165) is 11.3 Å². The van der Waals surface area contributed by atoms with E-state index < -0.39 is 0 Å². The van der Waals surface area contributed by atoms with Crippen molar-refractivity contribution >= 4 is 23.2 Å². The molecule has 0 saturated heterocycles. The van der Waals surface area contributed by atoms with Gasteiger partial charge in [-0.25, -0.2) is 5.43 Å². The molecule has 1 aromatic carbocycles. The highest BCUT2D eigenvalue weighted by atomic mass is 35.5. The molecule has 0 spiro atoms. The van der Waals surface area contributed by atoms with Crippen molar-refractivity contribution in [1.29, 1.82) is 0 Å². The van der Waals surface area contributed by atoms with Crippen LogP contribution in [0.1, 0.15) is 25.8 Å². The van der Waals surface area contributed by atoms with Crippen LogP contribution in [0.4, 0.5) is 0 Å². The number of phenolic OH excluding ortho intramolecular Hbond substituents is 1. The Morgan fingerprint density at radius 2 is 2.22 bits per heavy atom. The molecule has 18 heavy (non-hydrogen) atoms. The topological polar surface area (TPSA) is 61.7 Å². The number of carbonyl (C=O) groups is 1. The third-order valence-electron chi connectivity index (χ3n) is 3.11. The molecule has 1 heterocycles. The SMILES string of the molecule is CC(C)C1CC(=O)NN=C1c1ccc(O)c(Cl)c1. The summed E-state index contributed by atoms with van der Waals surface area (Å²) in [6, 6.07) is 4.96. The first-order valence-corrected chi connectivity index (χ1v) is 6.22. The van der Waals surface area contributed by atoms with Crippen molar-refractivity contribution in [2.24, 2.45) is 16.9 Å². The highest BCUT2D eigenvalue weighted by Gasteiger charge is 2.28. The molecule has 0 radical (unpaired) electrons. The van der Waals surface area contributed by atoms with Crippen molar-refractivity contribution < 1.29 is 9.90 Å². The minimum atomic E-state index is -0.0673. The number of carbonyl (C=O) groups excluding carboxylic acids is 1. The number of hydrogen-bond donors (Lipinski definition) is 2. The van der Waals surface area contributed by atoms with Gasteiger partial charge in [0.2, 0.25) is 5.91 Å². The maximum absolute atomic E-state index is 11.4. The van der Waals surface area contributed by atoms with Gasteiger partial charge in [-0.2, -0.15) is 5.10 Å². The van der Waals surface area contributed by atoms with E-state index in [4.69, 9.17) is 11.6 Å². The minimum Gasteiger partial charge on any atom is -0.506 e. The average Bonchev–Trinajstić information content (AvgIpc) is 2.32. The number of nitrogens with one attached hydrogen (secondary N) is 1. The number of benzene rings is 1. The molecule has 2 rings (SSSR count). The molecule has 5 heteroatoms. The number of hydrazone groups is 1. The molecule has 1 aliphatic heterocycles. The molecular weight excluding hydrogens is 252 g/mol. The molecule has 1 unspecified atom stereocenters. The van der Waals surface area contributed by atoms with Gasteiger partial charge < -0.3 is 5.11 Å². The predicted molar refractivity (Wildman–Crippen MR) is 70.7 cm³/mol. The van der Waals surface area contributed by atoms with E-state index in [9.17, 15) is 9.90 Å². The Kier molecular flexibility index (Phi) is 3.57. The highest BCUT2D eigenvalue weighted by Crippen LogP contribution is 2.29. The summed E-state index contributed by atoms with van der Waals surface area (Å²) in [5.41, 5.74) is 4.13. The van der Waals surface area contributed by atoms with Crippen LogP contribution in [0.2, 0.25) is 5.02 Å². The van der Waals surface area contributed by atoms with Gasteiger partial charge in [0.15, 0.2) is 0 Å². The summed E-state index contributed by atoms with van der Waals surface area (Å²) in [4.78, 5) is 11.4. The maximum Gasteiger partial charge on any atom is 0.240 e. The molecule has 0 saturated carbocycles. The lowest BCUT2D eigenvalue weighted by Gasteiger charge is -2.26. The molecule has 96 valence electrons. The molecule has 1 aromatic rings. The normalized spacial score (nSPS) is 19.7. The second-order valence-corrected chi connectivity index (χ2v) is 5.16. The number of aromatic hydroxyl groups is 1. The molecule has 4 nitrogen and oxygen atoms in total. The Morgan fingerprint density at radius 1 is 1.50 bits per heavy atom.